The Hall–Kier alpha value is -2.61. The quantitative estimate of drug-likeness (QED) is 0.609. The highest BCUT2D eigenvalue weighted by molar-refractivity contribution is 7.99. The third kappa shape index (κ3) is 6.43. The fraction of sp³-hybridized carbons (Fsp3) is 0.478. The van der Waals surface area contributed by atoms with Crippen molar-refractivity contribution in [2.45, 2.75) is 45.1 Å². The van der Waals surface area contributed by atoms with Crippen LogP contribution >= 0.6 is 11.8 Å². The van der Waals surface area contributed by atoms with Crippen LogP contribution in [0.3, 0.4) is 0 Å². The molecule has 1 aromatic heterocycles. The normalized spacial score (nSPS) is 16.1. The number of carbonyl (C=O) groups excluding carboxylic acids is 2. The van der Waals surface area contributed by atoms with Gasteiger partial charge in [-0.3, -0.25) is 9.59 Å². The maximum atomic E-state index is 12.3. The number of anilines is 2. The Kier molecular flexibility index (Phi) is 8.28. The molecule has 2 N–H and O–H groups in total. The van der Waals surface area contributed by atoms with Crippen molar-refractivity contribution >= 4 is 35.1 Å². The van der Waals surface area contributed by atoms with Crippen LogP contribution in [0.15, 0.2) is 35.4 Å². The Labute approximate surface area is 188 Å². The van der Waals surface area contributed by atoms with Gasteiger partial charge in [0.05, 0.1) is 11.7 Å². The van der Waals surface area contributed by atoms with Crippen molar-refractivity contribution in [3.05, 3.63) is 41.5 Å². The summed E-state index contributed by atoms with van der Waals surface area (Å²) in [5, 5.41) is 15.3. The van der Waals surface area contributed by atoms with Crippen molar-refractivity contribution in [3.8, 4) is 0 Å². The molecule has 2 heterocycles. The number of aryl methyl sites for hydroxylation is 1. The molecule has 0 spiro atoms. The largest absolute Gasteiger partial charge is 0.356 e. The number of amides is 2. The summed E-state index contributed by atoms with van der Waals surface area (Å²) in [6.45, 7) is 8.33. The average Bonchev–Trinajstić information content (AvgIpc) is 2.79. The van der Waals surface area contributed by atoms with Gasteiger partial charge in [-0.15, -0.1) is 10.2 Å². The van der Waals surface area contributed by atoms with Crippen LogP contribution in [0.5, 0.6) is 0 Å². The fourth-order valence-corrected chi connectivity index (χ4v) is 4.18. The number of aromatic nitrogens is 2. The molecule has 1 saturated heterocycles. The second-order valence-corrected chi connectivity index (χ2v) is 8.89. The van der Waals surface area contributed by atoms with Crippen molar-refractivity contribution in [2.75, 3.05) is 35.6 Å². The molecule has 3 rings (SSSR count). The van der Waals surface area contributed by atoms with Crippen LogP contribution in [0.1, 0.15) is 37.3 Å². The molecule has 7 nitrogen and oxygen atoms in total. The number of nitrogens with zero attached hydrogens (tertiary/aromatic N) is 3. The van der Waals surface area contributed by atoms with Crippen molar-refractivity contribution in [2.24, 2.45) is 5.92 Å². The number of carbonyl (C=O) groups is 2. The number of hydrogen-bond acceptors (Lipinski definition) is 6. The van der Waals surface area contributed by atoms with Crippen LogP contribution in [0, 0.1) is 19.8 Å². The van der Waals surface area contributed by atoms with Gasteiger partial charge in [-0.2, -0.15) is 0 Å². The van der Waals surface area contributed by atoms with Crippen LogP contribution in [0.25, 0.3) is 0 Å². The lowest BCUT2D eigenvalue weighted by Gasteiger charge is -2.32. The molecule has 1 aliphatic heterocycles. The first-order valence-electron chi connectivity index (χ1n) is 10.8. The van der Waals surface area contributed by atoms with Crippen molar-refractivity contribution in [1.29, 1.82) is 0 Å². The summed E-state index contributed by atoms with van der Waals surface area (Å²) in [5.41, 5.74) is 3.07. The summed E-state index contributed by atoms with van der Waals surface area (Å²) in [4.78, 5) is 26.7. The number of thioether (sulfide) groups is 1. The molecule has 0 aliphatic carbocycles. The molecule has 1 unspecified atom stereocenters. The maximum absolute atomic E-state index is 12.3. The Morgan fingerprint density at radius 1 is 1.19 bits per heavy atom. The number of benzene rings is 1. The van der Waals surface area contributed by atoms with Gasteiger partial charge in [0.1, 0.15) is 5.03 Å². The Morgan fingerprint density at radius 2 is 2.03 bits per heavy atom. The minimum absolute atomic E-state index is 0.00933. The zero-order chi connectivity index (χ0) is 22.2. The second kappa shape index (κ2) is 11.1. The highest BCUT2D eigenvalue weighted by atomic mass is 32.2. The van der Waals surface area contributed by atoms with Crippen molar-refractivity contribution in [3.63, 3.8) is 0 Å². The smallest absolute Gasteiger partial charge is 0.234 e. The zero-order valence-electron chi connectivity index (χ0n) is 18.5. The standard InChI is InChI=1S/C23H31N5O2S/c1-4-12-24-23(30)18-8-6-13-28(14-18)20-10-11-22(27-26-20)31-15-21(29)25-19-9-5-7-16(2)17(19)3/h5,7,9-11,18H,4,6,8,12-15H2,1-3H3,(H,24,30)(H,25,29). The van der Waals surface area contributed by atoms with Crippen LogP contribution in [0.2, 0.25) is 0 Å². The van der Waals surface area contributed by atoms with Gasteiger partial charge in [0, 0.05) is 25.3 Å². The van der Waals surface area contributed by atoms with E-state index in [9.17, 15) is 9.59 Å². The number of piperidine rings is 1. The lowest BCUT2D eigenvalue weighted by molar-refractivity contribution is -0.125. The van der Waals surface area contributed by atoms with Gasteiger partial charge in [0.2, 0.25) is 11.8 Å². The minimum Gasteiger partial charge on any atom is -0.356 e. The van der Waals surface area contributed by atoms with Gasteiger partial charge >= 0.3 is 0 Å². The number of hydrogen-bond donors (Lipinski definition) is 2. The second-order valence-electron chi connectivity index (χ2n) is 7.89. The summed E-state index contributed by atoms with van der Waals surface area (Å²) in [6.07, 6.45) is 2.80. The molecule has 166 valence electrons. The zero-order valence-corrected chi connectivity index (χ0v) is 19.3. The molecular weight excluding hydrogens is 410 g/mol. The SMILES string of the molecule is CCCNC(=O)C1CCCN(c2ccc(SCC(=O)Nc3cccc(C)c3C)nn2)C1. The molecule has 0 saturated carbocycles. The maximum Gasteiger partial charge on any atom is 0.234 e. The van der Waals surface area contributed by atoms with Gasteiger partial charge < -0.3 is 15.5 Å². The molecule has 8 heteroatoms. The third-order valence-corrected chi connectivity index (χ3v) is 6.44. The molecule has 0 radical (unpaired) electrons. The van der Waals surface area contributed by atoms with Gasteiger partial charge in [-0.1, -0.05) is 30.8 Å². The van der Waals surface area contributed by atoms with E-state index in [1.807, 2.05) is 44.2 Å². The van der Waals surface area contributed by atoms with Crippen molar-refractivity contribution in [1.82, 2.24) is 15.5 Å². The first-order valence-corrected chi connectivity index (χ1v) is 11.8. The summed E-state index contributed by atoms with van der Waals surface area (Å²) >= 11 is 1.36. The Bertz CT molecular complexity index is 903. The number of rotatable bonds is 8. The van der Waals surface area contributed by atoms with E-state index in [0.717, 1.165) is 55.0 Å². The minimum atomic E-state index is -0.0680. The van der Waals surface area contributed by atoms with Crippen molar-refractivity contribution < 1.29 is 9.59 Å². The lowest BCUT2D eigenvalue weighted by atomic mass is 9.97. The molecule has 31 heavy (non-hydrogen) atoms. The van der Waals surface area contributed by atoms with E-state index < -0.39 is 0 Å². The summed E-state index contributed by atoms with van der Waals surface area (Å²) in [6, 6.07) is 9.68. The highest BCUT2D eigenvalue weighted by Crippen LogP contribution is 2.24. The summed E-state index contributed by atoms with van der Waals surface area (Å²) in [5.74, 6) is 1.09. The van der Waals surface area contributed by atoms with E-state index in [4.69, 9.17) is 0 Å². The van der Waals surface area contributed by atoms with Gasteiger partial charge in [-0.25, -0.2) is 0 Å². The number of nitrogens with one attached hydrogen (secondary N) is 2. The average molecular weight is 442 g/mol. The van der Waals surface area contributed by atoms with Gasteiger partial charge in [0.25, 0.3) is 0 Å². The van der Waals surface area contributed by atoms with Crippen LogP contribution in [0.4, 0.5) is 11.5 Å². The van der Waals surface area contributed by atoms with E-state index in [1.54, 1.807) is 0 Å². The third-order valence-electron chi connectivity index (χ3n) is 5.52. The predicted molar refractivity (Wildman–Crippen MR) is 126 cm³/mol. The Morgan fingerprint density at radius 3 is 2.77 bits per heavy atom. The van der Waals surface area contributed by atoms with E-state index in [0.29, 0.717) is 11.6 Å². The molecule has 1 atom stereocenters. The summed E-state index contributed by atoms with van der Waals surface area (Å²) < 4.78 is 0. The molecule has 1 fully saturated rings. The molecule has 1 aliphatic rings. The predicted octanol–water partition coefficient (Wildman–Crippen LogP) is 3.57. The van der Waals surface area contributed by atoms with E-state index >= 15 is 0 Å². The van der Waals surface area contributed by atoms with E-state index in [-0.39, 0.29) is 23.5 Å². The van der Waals surface area contributed by atoms with Crippen LogP contribution < -0.4 is 15.5 Å². The van der Waals surface area contributed by atoms with E-state index in [2.05, 4.69) is 32.7 Å². The first-order chi connectivity index (χ1) is 15.0. The van der Waals surface area contributed by atoms with Gasteiger partial charge in [-0.05, 0) is 62.4 Å². The summed E-state index contributed by atoms with van der Waals surface area (Å²) in [7, 11) is 0. The highest BCUT2D eigenvalue weighted by Gasteiger charge is 2.26. The first kappa shape index (κ1) is 23.1. The van der Waals surface area contributed by atoms with Gasteiger partial charge in [0.15, 0.2) is 5.82 Å². The monoisotopic (exact) mass is 441 g/mol. The molecule has 2 amide bonds. The molecule has 2 aromatic rings. The molecule has 0 bridgehead atoms. The van der Waals surface area contributed by atoms with Crippen LogP contribution in [-0.4, -0.2) is 47.4 Å². The van der Waals surface area contributed by atoms with Crippen LogP contribution in [-0.2, 0) is 9.59 Å². The lowest BCUT2D eigenvalue weighted by Crippen LogP contribution is -2.43. The fourth-order valence-electron chi connectivity index (χ4n) is 3.56. The molecule has 1 aromatic carbocycles. The van der Waals surface area contributed by atoms with E-state index in [1.165, 1.54) is 11.8 Å². The Balaban J connectivity index is 1.51. The topological polar surface area (TPSA) is 87.2 Å². The molecular formula is C23H31N5O2S.